The molecular formula is C19H20N4O4. The second-order valence-corrected chi connectivity index (χ2v) is 6.08. The molecule has 27 heavy (non-hydrogen) atoms. The van der Waals surface area contributed by atoms with Gasteiger partial charge >= 0.3 is 5.69 Å². The van der Waals surface area contributed by atoms with Gasteiger partial charge in [-0.1, -0.05) is 24.3 Å². The van der Waals surface area contributed by atoms with Crippen LogP contribution in [0.5, 0.6) is 0 Å². The predicted molar refractivity (Wildman–Crippen MR) is 98.4 cm³/mol. The third-order valence-corrected chi connectivity index (χ3v) is 4.15. The SMILES string of the molecule is CCn1cc(C#N)c(=O)n(CC(=O)c2ccc(C(C)NC(C)=O)cc2)c1=O. The Morgan fingerprint density at radius 1 is 1.22 bits per heavy atom. The number of hydrogen-bond donors (Lipinski definition) is 1. The summed E-state index contributed by atoms with van der Waals surface area (Å²) in [5.41, 5.74) is -0.463. The van der Waals surface area contributed by atoms with Crippen molar-refractivity contribution in [1.29, 1.82) is 5.26 Å². The van der Waals surface area contributed by atoms with Gasteiger partial charge in [-0.2, -0.15) is 5.26 Å². The first kappa shape index (κ1) is 19.8. The quantitative estimate of drug-likeness (QED) is 0.764. The first-order chi connectivity index (χ1) is 12.8. The first-order valence-electron chi connectivity index (χ1n) is 8.43. The summed E-state index contributed by atoms with van der Waals surface area (Å²) in [6.07, 6.45) is 1.20. The van der Waals surface area contributed by atoms with Crippen LogP contribution in [0, 0.1) is 11.3 Å². The number of amides is 1. The maximum Gasteiger partial charge on any atom is 0.331 e. The van der Waals surface area contributed by atoms with Crippen LogP contribution in [0.1, 0.15) is 48.3 Å². The zero-order valence-corrected chi connectivity index (χ0v) is 15.4. The average molecular weight is 368 g/mol. The molecule has 0 saturated carbocycles. The summed E-state index contributed by atoms with van der Waals surface area (Å²) in [6, 6.07) is 8.09. The molecule has 0 fully saturated rings. The average Bonchev–Trinajstić information content (AvgIpc) is 2.64. The monoisotopic (exact) mass is 368 g/mol. The Morgan fingerprint density at radius 2 is 1.85 bits per heavy atom. The van der Waals surface area contributed by atoms with Crippen molar-refractivity contribution in [2.45, 2.75) is 39.9 Å². The van der Waals surface area contributed by atoms with Gasteiger partial charge in [0, 0.05) is 25.2 Å². The van der Waals surface area contributed by atoms with Crippen LogP contribution >= 0.6 is 0 Å². The molecule has 1 unspecified atom stereocenters. The predicted octanol–water partition coefficient (Wildman–Crippen LogP) is 0.982. The molecule has 1 heterocycles. The Labute approximate surface area is 155 Å². The van der Waals surface area contributed by atoms with Gasteiger partial charge in [0.25, 0.3) is 5.56 Å². The van der Waals surface area contributed by atoms with Crippen molar-refractivity contribution in [2.75, 3.05) is 0 Å². The second-order valence-electron chi connectivity index (χ2n) is 6.08. The highest BCUT2D eigenvalue weighted by Crippen LogP contribution is 2.14. The van der Waals surface area contributed by atoms with Crippen LogP contribution in [0.25, 0.3) is 0 Å². The minimum atomic E-state index is -0.781. The zero-order valence-electron chi connectivity index (χ0n) is 15.4. The molecule has 140 valence electrons. The molecule has 2 rings (SSSR count). The Balaban J connectivity index is 2.31. The number of nitrogens with one attached hydrogen (secondary N) is 1. The summed E-state index contributed by atoms with van der Waals surface area (Å²) in [6.45, 7) is 4.77. The third kappa shape index (κ3) is 4.39. The minimum absolute atomic E-state index is 0.161. The van der Waals surface area contributed by atoms with Crippen LogP contribution in [0.3, 0.4) is 0 Å². The number of hydrogen-bond acceptors (Lipinski definition) is 5. The summed E-state index contributed by atoms with van der Waals surface area (Å²) in [5.74, 6) is -0.586. The van der Waals surface area contributed by atoms with E-state index in [1.165, 1.54) is 17.7 Å². The van der Waals surface area contributed by atoms with Crippen molar-refractivity contribution in [1.82, 2.24) is 14.5 Å². The first-order valence-corrected chi connectivity index (χ1v) is 8.43. The summed E-state index contributed by atoms with van der Waals surface area (Å²) >= 11 is 0. The van der Waals surface area contributed by atoms with E-state index in [9.17, 15) is 19.2 Å². The van der Waals surface area contributed by atoms with Crippen molar-refractivity contribution in [2.24, 2.45) is 0 Å². The number of rotatable bonds is 6. The smallest absolute Gasteiger partial charge is 0.331 e. The van der Waals surface area contributed by atoms with E-state index in [2.05, 4.69) is 5.32 Å². The van der Waals surface area contributed by atoms with E-state index in [1.807, 2.05) is 6.92 Å². The van der Waals surface area contributed by atoms with Crippen LogP contribution in [0.2, 0.25) is 0 Å². The molecular weight excluding hydrogens is 348 g/mol. The number of aryl methyl sites for hydroxylation is 1. The van der Waals surface area contributed by atoms with E-state index >= 15 is 0 Å². The van der Waals surface area contributed by atoms with Gasteiger partial charge < -0.3 is 5.32 Å². The molecule has 8 nitrogen and oxygen atoms in total. The lowest BCUT2D eigenvalue weighted by molar-refractivity contribution is -0.119. The van der Waals surface area contributed by atoms with Gasteiger partial charge in [0.05, 0.1) is 12.6 Å². The number of Topliss-reactive ketones (excluding diaryl/α,β-unsaturated/α-hetero) is 1. The standard InChI is InChI=1S/C19H20N4O4/c1-4-22-10-16(9-20)18(26)23(19(22)27)11-17(25)15-7-5-14(6-8-15)12(2)21-13(3)24/h5-8,10,12H,4,11H2,1-3H3,(H,21,24). The third-order valence-electron chi connectivity index (χ3n) is 4.15. The van der Waals surface area contributed by atoms with Crippen LogP contribution in [-0.2, 0) is 17.9 Å². The molecule has 1 aromatic carbocycles. The molecule has 0 aliphatic carbocycles. The number of benzene rings is 1. The Morgan fingerprint density at radius 3 is 2.37 bits per heavy atom. The second kappa shape index (κ2) is 8.27. The molecule has 0 spiro atoms. The normalized spacial score (nSPS) is 11.5. The van der Waals surface area contributed by atoms with Gasteiger partial charge in [0.15, 0.2) is 5.78 Å². The van der Waals surface area contributed by atoms with Crippen LogP contribution in [-0.4, -0.2) is 20.8 Å². The van der Waals surface area contributed by atoms with Crippen molar-refractivity contribution < 1.29 is 9.59 Å². The minimum Gasteiger partial charge on any atom is -0.350 e. The highest BCUT2D eigenvalue weighted by atomic mass is 16.2. The molecule has 1 N–H and O–H groups in total. The molecule has 0 bridgehead atoms. The lowest BCUT2D eigenvalue weighted by Crippen LogP contribution is -2.42. The van der Waals surface area contributed by atoms with Crippen molar-refractivity contribution >= 4 is 11.7 Å². The highest BCUT2D eigenvalue weighted by Gasteiger charge is 2.15. The molecule has 8 heteroatoms. The van der Waals surface area contributed by atoms with Gasteiger partial charge in [0.1, 0.15) is 11.6 Å². The van der Waals surface area contributed by atoms with E-state index in [-0.39, 0.29) is 24.1 Å². The lowest BCUT2D eigenvalue weighted by Gasteiger charge is -2.13. The Kier molecular flexibility index (Phi) is 6.08. The molecule has 2 aromatic rings. The molecule has 1 atom stereocenters. The van der Waals surface area contributed by atoms with Crippen LogP contribution in [0.4, 0.5) is 0 Å². The van der Waals surface area contributed by atoms with Gasteiger partial charge in [-0.25, -0.2) is 4.79 Å². The summed E-state index contributed by atoms with van der Waals surface area (Å²) in [7, 11) is 0. The number of nitriles is 1. The molecule has 0 radical (unpaired) electrons. The summed E-state index contributed by atoms with van der Waals surface area (Å²) < 4.78 is 1.99. The zero-order chi connectivity index (χ0) is 20.1. The van der Waals surface area contributed by atoms with E-state index < -0.39 is 23.6 Å². The van der Waals surface area contributed by atoms with E-state index in [4.69, 9.17) is 5.26 Å². The number of ketones is 1. The van der Waals surface area contributed by atoms with Crippen molar-refractivity contribution in [3.05, 3.63) is 68.0 Å². The summed E-state index contributed by atoms with van der Waals surface area (Å²) in [5, 5.41) is 11.8. The lowest BCUT2D eigenvalue weighted by atomic mass is 10.0. The van der Waals surface area contributed by atoms with Crippen LogP contribution in [0.15, 0.2) is 40.1 Å². The number of aromatic nitrogens is 2. The number of carbonyl (C=O) groups excluding carboxylic acids is 2. The summed E-state index contributed by atoms with van der Waals surface area (Å²) in [4.78, 5) is 48.2. The molecule has 1 amide bonds. The van der Waals surface area contributed by atoms with Gasteiger partial charge in [0.2, 0.25) is 5.91 Å². The van der Waals surface area contributed by atoms with Crippen molar-refractivity contribution in [3.63, 3.8) is 0 Å². The maximum atomic E-state index is 12.5. The molecule has 1 aromatic heterocycles. The van der Waals surface area contributed by atoms with Crippen molar-refractivity contribution in [3.8, 4) is 6.07 Å². The van der Waals surface area contributed by atoms with Gasteiger partial charge in [-0.3, -0.25) is 23.5 Å². The molecule has 0 aliphatic rings. The fraction of sp³-hybridized carbons (Fsp3) is 0.316. The largest absolute Gasteiger partial charge is 0.350 e. The highest BCUT2D eigenvalue weighted by molar-refractivity contribution is 5.95. The van der Waals surface area contributed by atoms with E-state index in [0.29, 0.717) is 5.56 Å². The molecule has 0 saturated heterocycles. The number of nitrogens with zero attached hydrogens (tertiary/aromatic N) is 3. The number of carbonyl (C=O) groups is 2. The van der Waals surface area contributed by atoms with Crippen LogP contribution < -0.4 is 16.6 Å². The topological polar surface area (TPSA) is 114 Å². The van der Waals surface area contributed by atoms with Gasteiger partial charge in [-0.05, 0) is 19.4 Å². The Bertz CT molecular complexity index is 1030. The molecule has 0 aliphatic heterocycles. The fourth-order valence-corrected chi connectivity index (χ4v) is 2.68. The fourth-order valence-electron chi connectivity index (χ4n) is 2.68. The van der Waals surface area contributed by atoms with E-state index in [0.717, 1.165) is 10.1 Å². The Hall–Kier alpha value is -3.47. The van der Waals surface area contributed by atoms with E-state index in [1.54, 1.807) is 37.3 Å². The maximum absolute atomic E-state index is 12.5. The van der Waals surface area contributed by atoms with Gasteiger partial charge in [-0.15, -0.1) is 0 Å².